The predicted molar refractivity (Wildman–Crippen MR) is 107 cm³/mol. The van der Waals surface area contributed by atoms with Gasteiger partial charge in [0.2, 0.25) is 11.8 Å². The van der Waals surface area contributed by atoms with Gasteiger partial charge in [-0.3, -0.25) is 9.59 Å². The van der Waals surface area contributed by atoms with E-state index in [9.17, 15) is 9.59 Å². The molecule has 4 heterocycles. The van der Waals surface area contributed by atoms with Crippen LogP contribution in [0.2, 0.25) is 0 Å². The van der Waals surface area contributed by atoms with Crippen molar-refractivity contribution in [2.75, 3.05) is 29.9 Å². The summed E-state index contributed by atoms with van der Waals surface area (Å²) >= 11 is 1.76. The molecule has 0 aromatic carbocycles. The highest BCUT2D eigenvalue weighted by atomic mass is 32.1. The minimum absolute atomic E-state index is 0.0458. The number of nitrogens with zero attached hydrogens (tertiary/aromatic N) is 3. The molecule has 2 aliphatic rings. The fourth-order valence-electron chi connectivity index (χ4n) is 3.66. The second-order valence-electron chi connectivity index (χ2n) is 7.08. The molecule has 0 bridgehead atoms. The maximum atomic E-state index is 12.4. The lowest BCUT2D eigenvalue weighted by Crippen LogP contribution is -2.35. The third-order valence-electron chi connectivity index (χ3n) is 5.19. The molecule has 2 aromatic heterocycles. The van der Waals surface area contributed by atoms with E-state index in [-0.39, 0.29) is 24.7 Å². The number of anilines is 2. The lowest BCUT2D eigenvalue weighted by Gasteiger charge is -2.27. The number of carbonyl (C=O) groups is 2. The number of rotatable bonds is 5. The molecule has 2 amide bonds. The van der Waals surface area contributed by atoms with Crippen LogP contribution in [0.4, 0.5) is 11.5 Å². The van der Waals surface area contributed by atoms with Crippen molar-refractivity contribution in [2.45, 2.75) is 38.6 Å². The summed E-state index contributed by atoms with van der Waals surface area (Å²) in [5.41, 5.74) is 1.92. The highest BCUT2D eigenvalue weighted by molar-refractivity contribution is 7.10. The van der Waals surface area contributed by atoms with Crippen molar-refractivity contribution in [2.24, 2.45) is 0 Å². The highest BCUT2D eigenvalue weighted by Gasteiger charge is 2.21. The Kier molecular flexibility index (Phi) is 5.38. The molecule has 6 nitrogen and oxygen atoms in total. The quantitative estimate of drug-likeness (QED) is 0.861. The van der Waals surface area contributed by atoms with Crippen LogP contribution in [0.1, 0.15) is 36.1 Å². The first-order valence-corrected chi connectivity index (χ1v) is 10.4. The van der Waals surface area contributed by atoms with Crippen molar-refractivity contribution in [3.05, 3.63) is 40.2 Å². The van der Waals surface area contributed by atoms with Gasteiger partial charge < -0.3 is 15.1 Å². The zero-order valence-corrected chi connectivity index (χ0v) is 16.1. The molecule has 2 aliphatic heterocycles. The van der Waals surface area contributed by atoms with Gasteiger partial charge in [0.25, 0.3) is 0 Å². The Morgan fingerprint density at radius 1 is 1.11 bits per heavy atom. The van der Waals surface area contributed by atoms with E-state index < -0.39 is 0 Å². The summed E-state index contributed by atoms with van der Waals surface area (Å²) in [7, 11) is 0. The maximum Gasteiger partial charge on any atom is 0.224 e. The van der Waals surface area contributed by atoms with Crippen LogP contribution < -0.4 is 10.2 Å². The number of nitrogens with one attached hydrogen (secondary N) is 1. The normalized spacial score (nSPS) is 16.3. The highest BCUT2D eigenvalue weighted by Crippen LogP contribution is 2.24. The van der Waals surface area contributed by atoms with Crippen LogP contribution >= 0.6 is 11.3 Å². The number of thiophene rings is 1. The zero-order chi connectivity index (χ0) is 18.6. The second-order valence-corrected chi connectivity index (χ2v) is 8.08. The molecule has 1 fully saturated rings. The Morgan fingerprint density at radius 3 is 2.74 bits per heavy atom. The van der Waals surface area contributed by atoms with Gasteiger partial charge in [-0.1, -0.05) is 0 Å². The van der Waals surface area contributed by atoms with E-state index >= 15 is 0 Å². The molecule has 0 saturated carbocycles. The molecular formula is C20H24N4O2S. The molecule has 0 unspecified atom stereocenters. The van der Waals surface area contributed by atoms with Crippen molar-refractivity contribution in [3.8, 4) is 0 Å². The molecule has 0 atom stereocenters. The molecule has 2 aromatic rings. The van der Waals surface area contributed by atoms with Gasteiger partial charge in [-0.2, -0.15) is 0 Å². The first-order valence-electron chi connectivity index (χ1n) is 9.53. The molecule has 1 N–H and O–H groups in total. The average molecular weight is 385 g/mol. The smallest absolute Gasteiger partial charge is 0.224 e. The first-order chi connectivity index (χ1) is 13.2. The average Bonchev–Trinajstić information content (AvgIpc) is 3.38. The van der Waals surface area contributed by atoms with E-state index in [2.05, 4.69) is 26.6 Å². The summed E-state index contributed by atoms with van der Waals surface area (Å²) in [5.74, 6) is 0.857. The van der Waals surface area contributed by atoms with Crippen LogP contribution in [-0.4, -0.2) is 41.3 Å². The summed E-state index contributed by atoms with van der Waals surface area (Å²) in [6, 6.07) is 5.91. The Balaban J connectivity index is 1.24. The topological polar surface area (TPSA) is 65.5 Å². The summed E-state index contributed by atoms with van der Waals surface area (Å²) < 4.78 is 0. The Hall–Kier alpha value is -2.41. The fourth-order valence-corrected chi connectivity index (χ4v) is 4.55. The van der Waals surface area contributed by atoms with Gasteiger partial charge in [-0.05, 0) is 48.4 Å². The first kappa shape index (κ1) is 18.0. The van der Waals surface area contributed by atoms with Gasteiger partial charge in [-0.15, -0.1) is 11.3 Å². The monoisotopic (exact) mass is 384 g/mol. The molecule has 4 rings (SSSR count). The number of aromatic nitrogens is 1. The molecule has 1 saturated heterocycles. The summed E-state index contributed by atoms with van der Waals surface area (Å²) in [6.45, 7) is 3.51. The maximum absolute atomic E-state index is 12.4. The molecule has 27 heavy (non-hydrogen) atoms. The van der Waals surface area contributed by atoms with E-state index in [0.717, 1.165) is 31.9 Å². The van der Waals surface area contributed by atoms with E-state index in [1.54, 1.807) is 17.5 Å². The van der Waals surface area contributed by atoms with E-state index in [0.29, 0.717) is 12.2 Å². The zero-order valence-electron chi connectivity index (χ0n) is 15.3. The van der Waals surface area contributed by atoms with Crippen molar-refractivity contribution < 1.29 is 9.59 Å². The molecule has 142 valence electrons. The number of fused-ring (bicyclic) bond motifs is 1. The lowest BCUT2D eigenvalue weighted by molar-refractivity contribution is -0.133. The van der Waals surface area contributed by atoms with Crippen molar-refractivity contribution >= 4 is 34.7 Å². The summed E-state index contributed by atoms with van der Waals surface area (Å²) in [6.07, 6.45) is 5.46. The minimum Gasteiger partial charge on any atom is -0.357 e. The SMILES string of the molecule is O=C(CCC(=O)N1CCc2sccc2C1)Nc1ccc(N2CCCC2)nc1. The second kappa shape index (κ2) is 8.08. The van der Waals surface area contributed by atoms with Crippen LogP contribution in [-0.2, 0) is 22.6 Å². The summed E-state index contributed by atoms with van der Waals surface area (Å²) in [5, 5.41) is 4.92. The number of hydrogen-bond acceptors (Lipinski definition) is 5. The molecule has 0 spiro atoms. The summed E-state index contributed by atoms with van der Waals surface area (Å²) in [4.78, 5) is 34.5. The van der Waals surface area contributed by atoms with Gasteiger partial charge in [-0.25, -0.2) is 4.98 Å². The standard InChI is InChI=1S/C20H24N4O2S/c25-19(22-16-3-4-18(21-13-16)23-9-1-2-10-23)5-6-20(26)24-11-7-17-15(14-24)8-12-27-17/h3-4,8,12-13H,1-2,5-7,9-11,14H2,(H,22,25). The van der Waals surface area contributed by atoms with Crippen LogP contribution in [0.5, 0.6) is 0 Å². The Bertz CT molecular complexity index is 812. The van der Waals surface area contributed by atoms with E-state index in [1.807, 2.05) is 17.0 Å². The van der Waals surface area contributed by atoms with Gasteiger partial charge in [0.05, 0.1) is 11.9 Å². The lowest BCUT2D eigenvalue weighted by atomic mass is 10.1. The van der Waals surface area contributed by atoms with E-state index in [1.165, 1.54) is 23.3 Å². The molecule has 0 aliphatic carbocycles. The van der Waals surface area contributed by atoms with Gasteiger partial charge in [0, 0.05) is 43.9 Å². The third kappa shape index (κ3) is 4.30. The molecule has 7 heteroatoms. The Morgan fingerprint density at radius 2 is 1.96 bits per heavy atom. The molecule has 0 radical (unpaired) electrons. The Labute approximate surface area is 163 Å². The number of pyridine rings is 1. The van der Waals surface area contributed by atoms with Gasteiger partial charge in [0.1, 0.15) is 5.82 Å². The van der Waals surface area contributed by atoms with Crippen molar-refractivity contribution in [1.82, 2.24) is 9.88 Å². The van der Waals surface area contributed by atoms with Crippen LogP contribution in [0.25, 0.3) is 0 Å². The number of carbonyl (C=O) groups excluding carboxylic acids is 2. The number of hydrogen-bond donors (Lipinski definition) is 1. The van der Waals surface area contributed by atoms with Crippen LogP contribution in [0, 0.1) is 0 Å². The van der Waals surface area contributed by atoms with Crippen molar-refractivity contribution in [3.63, 3.8) is 0 Å². The van der Waals surface area contributed by atoms with Crippen molar-refractivity contribution in [1.29, 1.82) is 0 Å². The molecular weight excluding hydrogens is 360 g/mol. The largest absolute Gasteiger partial charge is 0.357 e. The van der Waals surface area contributed by atoms with Crippen LogP contribution in [0.3, 0.4) is 0 Å². The van der Waals surface area contributed by atoms with Gasteiger partial charge in [0.15, 0.2) is 0 Å². The van der Waals surface area contributed by atoms with E-state index in [4.69, 9.17) is 0 Å². The third-order valence-corrected chi connectivity index (χ3v) is 6.21. The van der Waals surface area contributed by atoms with Crippen LogP contribution in [0.15, 0.2) is 29.8 Å². The fraction of sp³-hybridized carbons (Fsp3) is 0.450. The minimum atomic E-state index is -0.146. The predicted octanol–water partition coefficient (Wildman–Crippen LogP) is 3.05. The number of amides is 2. The van der Waals surface area contributed by atoms with Gasteiger partial charge >= 0.3 is 0 Å².